The lowest BCUT2D eigenvalue weighted by Crippen LogP contribution is -2.27. The van der Waals surface area contributed by atoms with E-state index in [-0.39, 0.29) is 0 Å². The van der Waals surface area contributed by atoms with Gasteiger partial charge in [-0.2, -0.15) is 0 Å². The molecule has 3 nitrogen and oxygen atoms in total. The summed E-state index contributed by atoms with van der Waals surface area (Å²) in [5.74, 6) is 0.744. The predicted molar refractivity (Wildman–Crippen MR) is 73.1 cm³/mol. The summed E-state index contributed by atoms with van der Waals surface area (Å²) in [6.45, 7) is 7.52. The lowest BCUT2D eigenvalue weighted by atomic mass is 9.87. The molecule has 0 amide bonds. The van der Waals surface area contributed by atoms with Crippen molar-refractivity contribution in [1.82, 2.24) is 4.90 Å². The number of likely N-dealkylation sites (N-methyl/N-ethyl adjacent to an activating group) is 1. The Hall–Kier alpha value is -0.380. The van der Waals surface area contributed by atoms with Crippen LogP contribution in [0.5, 0.6) is 0 Å². The van der Waals surface area contributed by atoms with Gasteiger partial charge in [0.25, 0.3) is 0 Å². The summed E-state index contributed by atoms with van der Waals surface area (Å²) in [7, 11) is 2.12. The van der Waals surface area contributed by atoms with E-state index in [2.05, 4.69) is 18.5 Å². The molecule has 0 aliphatic heterocycles. The summed E-state index contributed by atoms with van der Waals surface area (Å²) in [6.07, 6.45) is 8.43. The molecule has 1 aliphatic carbocycles. The minimum absolute atomic E-state index is 0.488. The van der Waals surface area contributed by atoms with Crippen LogP contribution in [0.15, 0.2) is 12.7 Å². The van der Waals surface area contributed by atoms with Crippen LogP contribution in [-0.4, -0.2) is 44.3 Å². The molecule has 0 unspecified atom stereocenters. The third kappa shape index (κ3) is 6.20. The summed E-state index contributed by atoms with van der Waals surface area (Å²) < 4.78 is 5.91. The van der Waals surface area contributed by atoms with Crippen LogP contribution < -0.4 is 5.73 Å². The van der Waals surface area contributed by atoms with E-state index in [0.717, 1.165) is 38.6 Å². The molecule has 1 saturated carbocycles. The van der Waals surface area contributed by atoms with Crippen molar-refractivity contribution in [2.24, 2.45) is 11.7 Å². The third-order valence-corrected chi connectivity index (χ3v) is 3.61. The van der Waals surface area contributed by atoms with Crippen molar-refractivity contribution in [1.29, 1.82) is 0 Å². The number of ether oxygens (including phenoxy) is 1. The van der Waals surface area contributed by atoms with Crippen LogP contribution in [0.4, 0.5) is 0 Å². The van der Waals surface area contributed by atoms with Crippen LogP contribution in [-0.2, 0) is 4.74 Å². The fourth-order valence-electron chi connectivity index (χ4n) is 2.43. The fraction of sp³-hybridized carbons (Fsp3) is 0.857. The van der Waals surface area contributed by atoms with Gasteiger partial charge in [-0.3, -0.25) is 0 Å². The highest BCUT2D eigenvalue weighted by atomic mass is 16.5. The predicted octanol–water partition coefficient (Wildman–Crippen LogP) is 2.03. The van der Waals surface area contributed by atoms with E-state index in [1.54, 1.807) is 0 Å². The zero-order valence-corrected chi connectivity index (χ0v) is 11.2. The lowest BCUT2D eigenvalue weighted by molar-refractivity contribution is 0.0155. The molecule has 0 heterocycles. The third-order valence-electron chi connectivity index (χ3n) is 3.61. The van der Waals surface area contributed by atoms with Crippen molar-refractivity contribution in [2.45, 2.75) is 38.2 Å². The van der Waals surface area contributed by atoms with Crippen molar-refractivity contribution in [3.05, 3.63) is 12.7 Å². The van der Waals surface area contributed by atoms with Crippen LogP contribution in [0.2, 0.25) is 0 Å². The second-order valence-electron chi connectivity index (χ2n) is 5.15. The van der Waals surface area contributed by atoms with Gasteiger partial charge >= 0.3 is 0 Å². The van der Waals surface area contributed by atoms with Gasteiger partial charge in [-0.05, 0) is 51.6 Å². The molecule has 100 valence electrons. The van der Waals surface area contributed by atoms with E-state index in [0.29, 0.717) is 6.10 Å². The van der Waals surface area contributed by atoms with Crippen molar-refractivity contribution in [2.75, 3.05) is 33.3 Å². The summed E-state index contributed by atoms with van der Waals surface area (Å²) in [5.41, 5.74) is 5.68. The Kier molecular flexibility index (Phi) is 7.49. The molecular weight excluding hydrogens is 212 g/mol. The van der Waals surface area contributed by atoms with Crippen molar-refractivity contribution >= 4 is 0 Å². The number of hydrogen-bond donors (Lipinski definition) is 1. The first-order chi connectivity index (χ1) is 8.26. The first kappa shape index (κ1) is 14.7. The van der Waals surface area contributed by atoms with Gasteiger partial charge in [0.2, 0.25) is 0 Å². The highest BCUT2D eigenvalue weighted by molar-refractivity contribution is 4.73. The molecule has 0 atom stereocenters. The minimum atomic E-state index is 0.488. The van der Waals surface area contributed by atoms with Crippen molar-refractivity contribution in [3.8, 4) is 0 Å². The first-order valence-corrected chi connectivity index (χ1v) is 6.87. The molecule has 0 spiro atoms. The standard InChI is InChI=1S/C14H28N2O/c1-3-9-16(2)10-4-11-17-14-7-5-13(12-15)6-8-14/h3,13-14H,1,4-12,15H2,2H3. The maximum atomic E-state index is 5.91. The zero-order valence-electron chi connectivity index (χ0n) is 11.2. The van der Waals surface area contributed by atoms with Gasteiger partial charge in [-0.25, -0.2) is 0 Å². The summed E-state index contributed by atoms with van der Waals surface area (Å²) in [6, 6.07) is 0. The molecule has 1 rings (SSSR count). The fourth-order valence-corrected chi connectivity index (χ4v) is 2.43. The van der Waals surface area contributed by atoms with E-state index in [9.17, 15) is 0 Å². The highest BCUT2D eigenvalue weighted by Crippen LogP contribution is 2.25. The van der Waals surface area contributed by atoms with Gasteiger partial charge in [0.05, 0.1) is 6.10 Å². The second kappa shape index (κ2) is 8.67. The summed E-state index contributed by atoms with van der Waals surface area (Å²) in [4.78, 5) is 2.27. The topological polar surface area (TPSA) is 38.5 Å². The molecule has 1 aliphatic rings. The monoisotopic (exact) mass is 240 g/mol. The summed E-state index contributed by atoms with van der Waals surface area (Å²) in [5, 5.41) is 0. The minimum Gasteiger partial charge on any atom is -0.378 e. The SMILES string of the molecule is C=CCN(C)CCCOC1CCC(CN)CC1. The molecule has 0 aromatic carbocycles. The maximum Gasteiger partial charge on any atom is 0.0575 e. The molecule has 17 heavy (non-hydrogen) atoms. The quantitative estimate of drug-likeness (QED) is 0.521. The van der Waals surface area contributed by atoms with Crippen LogP contribution >= 0.6 is 0 Å². The number of rotatable bonds is 8. The number of nitrogens with two attached hydrogens (primary N) is 1. The second-order valence-corrected chi connectivity index (χ2v) is 5.15. The molecule has 0 radical (unpaired) electrons. The Labute approximate surface area is 106 Å². The molecule has 0 bridgehead atoms. The Morgan fingerprint density at radius 2 is 2.06 bits per heavy atom. The molecule has 3 heteroatoms. The Morgan fingerprint density at radius 3 is 2.65 bits per heavy atom. The molecule has 0 aromatic heterocycles. The van der Waals surface area contributed by atoms with Gasteiger partial charge in [-0.15, -0.1) is 6.58 Å². The average Bonchev–Trinajstić information content (AvgIpc) is 2.36. The summed E-state index contributed by atoms with van der Waals surface area (Å²) >= 11 is 0. The Balaban J connectivity index is 1.98. The van der Waals surface area contributed by atoms with Gasteiger partial charge in [0, 0.05) is 19.7 Å². The van der Waals surface area contributed by atoms with E-state index in [1.165, 1.54) is 25.7 Å². The number of hydrogen-bond acceptors (Lipinski definition) is 3. The van der Waals surface area contributed by atoms with Gasteiger partial charge in [0.1, 0.15) is 0 Å². The highest BCUT2D eigenvalue weighted by Gasteiger charge is 2.20. The average molecular weight is 240 g/mol. The Bertz CT molecular complexity index is 200. The smallest absolute Gasteiger partial charge is 0.0575 e. The molecule has 0 saturated heterocycles. The van der Waals surface area contributed by atoms with Gasteiger partial charge in [-0.1, -0.05) is 6.08 Å². The van der Waals surface area contributed by atoms with Crippen LogP contribution in [0.1, 0.15) is 32.1 Å². The molecule has 1 fully saturated rings. The normalized spacial score (nSPS) is 25.1. The van der Waals surface area contributed by atoms with Crippen LogP contribution in [0, 0.1) is 5.92 Å². The zero-order chi connectivity index (χ0) is 12.5. The van der Waals surface area contributed by atoms with E-state index in [1.807, 2.05) is 6.08 Å². The molecular formula is C14H28N2O. The Morgan fingerprint density at radius 1 is 1.35 bits per heavy atom. The van der Waals surface area contributed by atoms with Crippen molar-refractivity contribution in [3.63, 3.8) is 0 Å². The van der Waals surface area contributed by atoms with Crippen molar-refractivity contribution < 1.29 is 4.74 Å². The number of nitrogens with zero attached hydrogens (tertiary/aromatic N) is 1. The first-order valence-electron chi connectivity index (χ1n) is 6.87. The van der Waals surface area contributed by atoms with E-state index < -0.39 is 0 Å². The lowest BCUT2D eigenvalue weighted by Gasteiger charge is -2.27. The van der Waals surface area contributed by atoms with E-state index >= 15 is 0 Å². The van der Waals surface area contributed by atoms with Gasteiger partial charge < -0.3 is 15.4 Å². The van der Waals surface area contributed by atoms with E-state index in [4.69, 9.17) is 10.5 Å². The van der Waals surface area contributed by atoms with Crippen LogP contribution in [0.3, 0.4) is 0 Å². The van der Waals surface area contributed by atoms with Gasteiger partial charge in [0.15, 0.2) is 0 Å². The molecule has 0 aromatic rings. The van der Waals surface area contributed by atoms with Crippen LogP contribution in [0.25, 0.3) is 0 Å². The largest absolute Gasteiger partial charge is 0.378 e. The molecule has 2 N–H and O–H groups in total. The maximum absolute atomic E-state index is 5.91.